The predicted octanol–water partition coefficient (Wildman–Crippen LogP) is 2.84. The van der Waals surface area contributed by atoms with E-state index in [1.54, 1.807) is 36.4 Å². The third-order valence-corrected chi connectivity index (χ3v) is 3.43. The summed E-state index contributed by atoms with van der Waals surface area (Å²) in [5, 5.41) is 5.26. The normalized spacial score (nSPS) is 11.2. The average molecular weight is 356 g/mol. The number of hydrogen-bond acceptors (Lipinski definition) is 5. The topological polar surface area (TPSA) is 93.7 Å². The zero-order valence-corrected chi connectivity index (χ0v) is 14.7. The summed E-state index contributed by atoms with van der Waals surface area (Å²) in [7, 11) is 1.53. The molecule has 0 spiro atoms. The number of anilines is 2. The van der Waals surface area contributed by atoms with Crippen molar-refractivity contribution in [3.05, 3.63) is 54.1 Å². The maximum absolute atomic E-state index is 12.2. The van der Waals surface area contributed by atoms with Crippen LogP contribution in [0.4, 0.5) is 11.4 Å². The second-order valence-corrected chi connectivity index (χ2v) is 5.53. The van der Waals surface area contributed by atoms with Gasteiger partial charge in [0.25, 0.3) is 5.91 Å². The summed E-state index contributed by atoms with van der Waals surface area (Å²) in [4.78, 5) is 35.3. The van der Waals surface area contributed by atoms with Gasteiger partial charge in [-0.25, -0.2) is 4.79 Å². The quantitative estimate of drug-likeness (QED) is 0.776. The Bertz CT molecular complexity index is 802. The predicted molar refractivity (Wildman–Crippen MR) is 97.2 cm³/mol. The number of benzene rings is 2. The Labute approximate surface area is 151 Å². The van der Waals surface area contributed by atoms with Crippen LogP contribution < -0.4 is 15.4 Å². The largest absolute Gasteiger partial charge is 0.497 e. The Morgan fingerprint density at radius 3 is 2.27 bits per heavy atom. The molecule has 0 fully saturated rings. The number of nitrogens with one attached hydrogen (secondary N) is 2. The molecular formula is C19H20N2O5. The van der Waals surface area contributed by atoms with Crippen LogP contribution in [-0.2, 0) is 14.3 Å². The number of methoxy groups -OCH3 is 1. The minimum atomic E-state index is -0.983. The van der Waals surface area contributed by atoms with Crippen molar-refractivity contribution in [1.29, 1.82) is 0 Å². The lowest BCUT2D eigenvalue weighted by Crippen LogP contribution is -2.30. The Morgan fingerprint density at radius 2 is 1.65 bits per heavy atom. The Kier molecular flexibility index (Phi) is 6.32. The Morgan fingerprint density at radius 1 is 0.962 bits per heavy atom. The lowest BCUT2D eigenvalue weighted by atomic mass is 10.2. The summed E-state index contributed by atoms with van der Waals surface area (Å²) in [6.45, 7) is 2.88. The van der Waals surface area contributed by atoms with Crippen molar-refractivity contribution in [2.24, 2.45) is 0 Å². The van der Waals surface area contributed by atoms with Crippen LogP contribution in [0, 0.1) is 0 Å². The number of amides is 2. The van der Waals surface area contributed by atoms with E-state index >= 15 is 0 Å². The molecule has 7 nitrogen and oxygen atoms in total. The van der Waals surface area contributed by atoms with E-state index in [1.165, 1.54) is 33.1 Å². The molecule has 1 atom stereocenters. The van der Waals surface area contributed by atoms with Gasteiger partial charge in [0, 0.05) is 24.4 Å². The van der Waals surface area contributed by atoms with E-state index in [2.05, 4.69) is 10.6 Å². The fourth-order valence-electron chi connectivity index (χ4n) is 2.12. The van der Waals surface area contributed by atoms with Gasteiger partial charge in [0.2, 0.25) is 5.91 Å². The molecular weight excluding hydrogens is 336 g/mol. The molecule has 0 aliphatic rings. The van der Waals surface area contributed by atoms with Crippen molar-refractivity contribution in [3.63, 3.8) is 0 Å². The summed E-state index contributed by atoms with van der Waals surface area (Å²) in [6.07, 6.45) is -0.983. The van der Waals surface area contributed by atoms with Gasteiger partial charge < -0.3 is 20.1 Å². The molecule has 0 bridgehead atoms. The molecule has 2 aromatic rings. The molecule has 26 heavy (non-hydrogen) atoms. The lowest BCUT2D eigenvalue weighted by Gasteiger charge is -2.14. The van der Waals surface area contributed by atoms with Gasteiger partial charge in [0.15, 0.2) is 6.10 Å². The third kappa shape index (κ3) is 5.34. The van der Waals surface area contributed by atoms with Crippen LogP contribution in [0.15, 0.2) is 48.5 Å². The van der Waals surface area contributed by atoms with Crippen LogP contribution in [0.5, 0.6) is 5.75 Å². The number of carbonyl (C=O) groups excluding carboxylic acids is 3. The Hall–Kier alpha value is -3.35. The fraction of sp³-hybridized carbons (Fsp3) is 0.211. The summed E-state index contributed by atoms with van der Waals surface area (Å²) in [6, 6.07) is 13.0. The molecule has 7 heteroatoms. The molecule has 136 valence electrons. The van der Waals surface area contributed by atoms with Gasteiger partial charge >= 0.3 is 5.97 Å². The molecule has 0 saturated carbocycles. The minimum Gasteiger partial charge on any atom is -0.497 e. The van der Waals surface area contributed by atoms with Crippen molar-refractivity contribution in [1.82, 2.24) is 0 Å². The average Bonchev–Trinajstić information content (AvgIpc) is 2.61. The third-order valence-electron chi connectivity index (χ3n) is 3.43. The molecule has 2 N–H and O–H groups in total. The number of esters is 1. The molecule has 0 heterocycles. The summed E-state index contributed by atoms with van der Waals surface area (Å²) < 4.78 is 10.3. The van der Waals surface area contributed by atoms with Crippen molar-refractivity contribution < 1.29 is 23.9 Å². The van der Waals surface area contributed by atoms with E-state index in [-0.39, 0.29) is 11.5 Å². The molecule has 0 aliphatic heterocycles. The maximum atomic E-state index is 12.2. The van der Waals surface area contributed by atoms with E-state index in [0.29, 0.717) is 17.1 Å². The molecule has 2 amide bonds. The van der Waals surface area contributed by atoms with E-state index < -0.39 is 18.0 Å². The molecule has 0 aromatic heterocycles. The number of hydrogen-bond donors (Lipinski definition) is 2. The van der Waals surface area contributed by atoms with Crippen molar-refractivity contribution in [3.8, 4) is 5.75 Å². The van der Waals surface area contributed by atoms with Gasteiger partial charge in [0.1, 0.15) is 5.75 Å². The highest BCUT2D eigenvalue weighted by Crippen LogP contribution is 2.17. The van der Waals surface area contributed by atoms with E-state index in [4.69, 9.17) is 9.47 Å². The minimum absolute atomic E-state index is 0.205. The van der Waals surface area contributed by atoms with Gasteiger partial charge in [-0.2, -0.15) is 0 Å². The highest BCUT2D eigenvalue weighted by atomic mass is 16.5. The highest BCUT2D eigenvalue weighted by molar-refractivity contribution is 5.97. The van der Waals surface area contributed by atoms with Crippen LogP contribution in [0.3, 0.4) is 0 Å². The molecule has 2 rings (SSSR count). The van der Waals surface area contributed by atoms with E-state index in [0.717, 1.165) is 0 Å². The first-order valence-corrected chi connectivity index (χ1v) is 7.92. The van der Waals surface area contributed by atoms with E-state index in [9.17, 15) is 14.4 Å². The molecule has 0 saturated heterocycles. The van der Waals surface area contributed by atoms with Crippen LogP contribution >= 0.6 is 0 Å². The Balaban J connectivity index is 1.94. The summed E-state index contributed by atoms with van der Waals surface area (Å²) in [5.41, 5.74) is 1.38. The SMILES string of the molecule is COc1cccc(NC(=O)[C@H](C)OC(=O)c2ccc(NC(C)=O)cc2)c1. The van der Waals surface area contributed by atoms with Crippen LogP contribution in [-0.4, -0.2) is 31.0 Å². The monoisotopic (exact) mass is 356 g/mol. The molecule has 0 aliphatic carbocycles. The van der Waals surface area contributed by atoms with Crippen molar-refractivity contribution in [2.45, 2.75) is 20.0 Å². The molecule has 0 radical (unpaired) electrons. The zero-order chi connectivity index (χ0) is 19.1. The van der Waals surface area contributed by atoms with Crippen molar-refractivity contribution in [2.75, 3.05) is 17.7 Å². The second kappa shape index (κ2) is 8.66. The van der Waals surface area contributed by atoms with Crippen LogP contribution in [0.25, 0.3) is 0 Å². The van der Waals surface area contributed by atoms with Crippen molar-refractivity contribution >= 4 is 29.2 Å². The van der Waals surface area contributed by atoms with E-state index in [1.807, 2.05) is 0 Å². The summed E-state index contributed by atoms with van der Waals surface area (Å²) >= 11 is 0. The van der Waals surface area contributed by atoms with Gasteiger partial charge in [-0.15, -0.1) is 0 Å². The molecule has 0 unspecified atom stereocenters. The number of rotatable bonds is 6. The first kappa shape index (κ1) is 19.0. The lowest BCUT2D eigenvalue weighted by molar-refractivity contribution is -0.123. The second-order valence-electron chi connectivity index (χ2n) is 5.53. The highest BCUT2D eigenvalue weighted by Gasteiger charge is 2.19. The van der Waals surface area contributed by atoms with Gasteiger partial charge in [-0.3, -0.25) is 9.59 Å². The van der Waals surface area contributed by atoms with Crippen LogP contribution in [0.1, 0.15) is 24.2 Å². The zero-order valence-electron chi connectivity index (χ0n) is 14.7. The number of carbonyl (C=O) groups is 3. The van der Waals surface area contributed by atoms with Gasteiger partial charge in [0.05, 0.1) is 12.7 Å². The van der Waals surface area contributed by atoms with Crippen LogP contribution in [0.2, 0.25) is 0 Å². The van der Waals surface area contributed by atoms with Gasteiger partial charge in [-0.1, -0.05) is 6.07 Å². The van der Waals surface area contributed by atoms with Gasteiger partial charge in [-0.05, 0) is 43.3 Å². The first-order chi connectivity index (χ1) is 12.4. The smallest absolute Gasteiger partial charge is 0.338 e. The molecule has 2 aromatic carbocycles. The summed E-state index contributed by atoms with van der Waals surface area (Å²) in [5.74, 6) is -0.691. The number of ether oxygens (including phenoxy) is 2. The fourth-order valence-corrected chi connectivity index (χ4v) is 2.12. The first-order valence-electron chi connectivity index (χ1n) is 7.92. The standard InChI is InChI=1S/C19H20N2O5/c1-12(18(23)21-16-5-4-6-17(11-16)25-3)26-19(24)14-7-9-15(10-8-14)20-13(2)22/h4-12H,1-3H3,(H,20,22)(H,21,23)/t12-/m0/s1. The maximum Gasteiger partial charge on any atom is 0.338 e.